The average molecular weight is 430 g/mol. The van der Waals surface area contributed by atoms with E-state index >= 15 is 0 Å². The molecule has 1 amide bonds. The lowest BCUT2D eigenvalue weighted by Gasteiger charge is -2.30. The van der Waals surface area contributed by atoms with E-state index in [0.29, 0.717) is 11.4 Å². The van der Waals surface area contributed by atoms with Crippen molar-refractivity contribution in [2.45, 2.75) is 33.2 Å². The molecule has 1 unspecified atom stereocenters. The largest absolute Gasteiger partial charge is 0.325 e. The zero-order valence-electron chi connectivity index (χ0n) is 18.0. The van der Waals surface area contributed by atoms with Crippen molar-refractivity contribution in [2.24, 2.45) is 5.92 Å². The molecule has 30 heavy (non-hydrogen) atoms. The van der Waals surface area contributed by atoms with Gasteiger partial charge < -0.3 is 5.32 Å². The number of aryl methyl sites for hydroxylation is 1. The molecule has 6 nitrogen and oxygen atoms in total. The first-order chi connectivity index (χ1) is 14.2. The van der Waals surface area contributed by atoms with Crippen molar-refractivity contribution in [3.8, 4) is 0 Å². The number of hydrogen-bond acceptors (Lipinski definition) is 4. The van der Waals surface area contributed by atoms with Crippen LogP contribution in [-0.2, 0) is 21.4 Å². The molecule has 1 N–H and O–H groups in total. The van der Waals surface area contributed by atoms with Gasteiger partial charge in [0.2, 0.25) is 15.9 Å². The van der Waals surface area contributed by atoms with Gasteiger partial charge in [-0.05, 0) is 61.6 Å². The van der Waals surface area contributed by atoms with Crippen molar-refractivity contribution < 1.29 is 13.2 Å². The van der Waals surface area contributed by atoms with Gasteiger partial charge in [-0.15, -0.1) is 0 Å². The van der Waals surface area contributed by atoms with E-state index in [1.54, 1.807) is 12.1 Å². The fourth-order valence-corrected chi connectivity index (χ4v) is 4.85. The minimum Gasteiger partial charge on any atom is -0.325 e. The molecule has 2 aromatic rings. The summed E-state index contributed by atoms with van der Waals surface area (Å²) >= 11 is 0. The Morgan fingerprint density at radius 1 is 1.17 bits per heavy atom. The van der Waals surface area contributed by atoms with Crippen LogP contribution in [-0.4, -0.2) is 45.1 Å². The van der Waals surface area contributed by atoms with Crippen LogP contribution < -0.4 is 9.62 Å². The average Bonchev–Trinajstić information content (AvgIpc) is 2.68. The molecular weight excluding hydrogens is 398 g/mol. The maximum Gasteiger partial charge on any atom is 0.245 e. The second-order valence-corrected chi connectivity index (χ2v) is 10.2. The van der Waals surface area contributed by atoms with E-state index in [9.17, 15) is 13.2 Å². The monoisotopic (exact) mass is 429 g/mol. The summed E-state index contributed by atoms with van der Waals surface area (Å²) in [5, 5.41) is 2.81. The Hall–Kier alpha value is -2.38. The molecule has 0 spiro atoms. The van der Waals surface area contributed by atoms with E-state index in [1.165, 1.54) is 18.4 Å². The minimum atomic E-state index is -3.59. The first-order valence-corrected chi connectivity index (χ1v) is 12.2. The van der Waals surface area contributed by atoms with Crippen LogP contribution in [0.15, 0.2) is 48.5 Å². The van der Waals surface area contributed by atoms with Gasteiger partial charge in [-0.3, -0.25) is 14.0 Å². The molecule has 1 saturated heterocycles. The number of hydrogen-bond donors (Lipinski definition) is 1. The molecule has 0 bridgehead atoms. The number of likely N-dealkylation sites (tertiary alicyclic amines) is 1. The normalized spacial score (nSPS) is 17.5. The summed E-state index contributed by atoms with van der Waals surface area (Å²) < 4.78 is 25.7. The van der Waals surface area contributed by atoms with Crippen molar-refractivity contribution in [1.29, 1.82) is 0 Å². The third kappa shape index (κ3) is 6.06. The molecule has 2 aromatic carbocycles. The van der Waals surface area contributed by atoms with Crippen molar-refractivity contribution >= 4 is 27.3 Å². The highest BCUT2D eigenvalue weighted by Crippen LogP contribution is 2.22. The lowest BCUT2D eigenvalue weighted by Crippen LogP contribution is -2.37. The molecule has 1 fully saturated rings. The third-order valence-electron chi connectivity index (χ3n) is 5.46. The van der Waals surface area contributed by atoms with E-state index in [4.69, 9.17) is 0 Å². The molecule has 0 aliphatic carbocycles. The number of anilines is 2. The molecule has 1 atom stereocenters. The van der Waals surface area contributed by atoms with Crippen LogP contribution in [0.5, 0.6) is 0 Å². The van der Waals surface area contributed by atoms with E-state index in [0.717, 1.165) is 41.7 Å². The van der Waals surface area contributed by atoms with Gasteiger partial charge in [-0.1, -0.05) is 37.3 Å². The molecule has 1 heterocycles. The summed E-state index contributed by atoms with van der Waals surface area (Å²) in [6, 6.07) is 14.9. The Kier molecular flexibility index (Phi) is 7.15. The second-order valence-electron chi connectivity index (χ2n) is 8.28. The number of para-hydroxylation sites is 1. The van der Waals surface area contributed by atoms with Crippen LogP contribution in [0.1, 0.15) is 30.9 Å². The number of rotatable bonds is 7. The van der Waals surface area contributed by atoms with E-state index in [-0.39, 0.29) is 12.5 Å². The van der Waals surface area contributed by atoms with Gasteiger partial charge in [0.15, 0.2) is 0 Å². The van der Waals surface area contributed by atoms with Gasteiger partial charge in [0.05, 0.1) is 11.9 Å². The molecule has 7 heteroatoms. The molecule has 0 radical (unpaired) electrons. The van der Waals surface area contributed by atoms with Crippen LogP contribution in [0.25, 0.3) is 0 Å². The quantitative estimate of drug-likeness (QED) is 0.730. The predicted octanol–water partition coefficient (Wildman–Crippen LogP) is 3.63. The number of nitrogens with one attached hydrogen (secondary N) is 1. The van der Waals surface area contributed by atoms with Crippen LogP contribution in [0.3, 0.4) is 0 Å². The van der Waals surface area contributed by atoms with E-state index in [1.807, 2.05) is 43.3 Å². The summed E-state index contributed by atoms with van der Waals surface area (Å²) in [6.45, 7) is 7.02. The third-order valence-corrected chi connectivity index (χ3v) is 6.58. The smallest absolute Gasteiger partial charge is 0.245 e. The first-order valence-electron chi connectivity index (χ1n) is 10.4. The summed E-state index contributed by atoms with van der Waals surface area (Å²) in [4.78, 5) is 15.0. The fraction of sp³-hybridized carbons (Fsp3) is 0.435. The van der Waals surface area contributed by atoms with Crippen LogP contribution in [0, 0.1) is 12.8 Å². The minimum absolute atomic E-state index is 0.267. The van der Waals surface area contributed by atoms with Crippen molar-refractivity contribution in [1.82, 2.24) is 4.90 Å². The number of nitrogens with zero attached hydrogens (tertiary/aromatic N) is 2. The van der Waals surface area contributed by atoms with Gasteiger partial charge in [0.25, 0.3) is 0 Å². The Morgan fingerprint density at radius 3 is 2.50 bits per heavy atom. The van der Waals surface area contributed by atoms with Crippen molar-refractivity contribution in [3.05, 3.63) is 59.7 Å². The number of carbonyl (C=O) groups excluding carboxylic acids is 1. The SMILES string of the molecule is Cc1ccccc1N(CC(=O)Nc1ccc(CN2CCCC(C)C2)cc1)S(C)(=O)=O. The fourth-order valence-electron chi connectivity index (χ4n) is 3.94. The summed E-state index contributed by atoms with van der Waals surface area (Å²) in [6.07, 6.45) is 3.66. The molecular formula is C23H31N3O3S. The first kappa shape index (κ1) is 22.3. The Balaban J connectivity index is 1.62. The maximum absolute atomic E-state index is 12.6. The Labute approximate surface area is 179 Å². The van der Waals surface area contributed by atoms with E-state index < -0.39 is 10.0 Å². The highest BCUT2D eigenvalue weighted by atomic mass is 32.2. The number of piperidine rings is 1. The zero-order chi connectivity index (χ0) is 21.7. The zero-order valence-corrected chi connectivity index (χ0v) is 18.8. The highest BCUT2D eigenvalue weighted by molar-refractivity contribution is 7.92. The lowest BCUT2D eigenvalue weighted by molar-refractivity contribution is -0.114. The van der Waals surface area contributed by atoms with Crippen molar-refractivity contribution in [2.75, 3.05) is 35.5 Å². The van der Waals surface area contributed by atoms with Gasteiger partial charge >= 0.3 is 0 Å². The Morgan fingerprint density at radius 2 is 1.87 bits per heavy atom. The Bertz CT molecular complexity index is 973. The van der Waals surface area contributed by atoms with Crippen LogP contribution >= 0.6 is 0 Å². The van der Waals surface area contributed by atoms with Gasteiger partial charge in [0, 0.05) is 18.8 Å². The van der Waals surface area contributed by atoms with Gasteiger partial charge in [-0.2, -0.15) is 0 Å². The molecule has 0 saturated carbocycles. The number of amides is 1. The van der Waals surface area contributed by atoms with Crippen molar-refractivity contribution in [3.63, 3.8) is 0 Å². The van der Waals surface area contributed by atoms with Crippen LogP contribution in [0.4, 0.5) is 11.4 Å². The topological polar surface area (TPSA) is 69.7 Å². The standard InChI is InChI=1S/C23H31N3O3S/c1-18-7-6-14-25(15-18)16-20-10-12-21(13-11-20)24-23(27)17-26(30(3,28)29)22-9-5-4-8-19(22)2/h4-5,8-13,18H,6-7,14-17H2,1-3H3,(H,24,27). The summed E-state index contributed by atoms with van der Waals surface area (Å²) in [5.41, 5.74) is 3.18. The maximum atomic E-state index is 12.6. The number of benzene rings is 2. The van der Waals surface area contributed by atoms with Gasteiger partial charge in [-0.25, -0.2) is 8.42 Å². The molecule has 3 rings (SSSR count). The summed E-state index contributed by atoms with van der Waals surface area (Å²) in [5.74, 6) is 0.365. The molecule has 1 aliphatic heterocycles. The van der Waals surface area contributed by atoms with Crippen LogP contribution in [0.2, 0.25) is 0 Å². The van der Waals surface area contributed by atoms with Gasteiger partial charge in [0.1, 0.15) is 6.54 Å². The molecule has 0 aromatic heterocycles. The number of sulfonamides is 1. The second kappa shape index (κ2) is 9.62. The number of carbonyl (C=O) groups is 1. The lowest BCUT2D eigenvalue weighted by atomic mass is 10.00. The molecule has 162 valence electrons. The highest BCUT2D eigenvalue weighted by Gasteiger charge is 2.22. The molecule has 1 aliphatic rings. The van der Waals surface area contributed by atoms with E-state index in [2.05, 4.69) is 17.1 Å². The predicted molar refractivity (Wildman–Crippen MR) is 122 cm³/mol. The summed E-state index contributed by atoms with van der Waals surface area (Å²) in [7, 11) is -3.59.